The van der Waals surface area contributed by atoms with Crippen LogP contribution in [0, 0.1) is 5.92 Å². The Morgan fingerprint density at radius 3 is 2.65 bits per heavy atom. The number of carbonyl (C=O) groups excluding carboxylic acids is 1. The summed E-state index contributed by atoms with van der Waals surface area (Å²) in [6.07, 6.45) is -2.42. The highest BCUT2D eigenvalue weighted by atomic mass is 19.4. The van der Waals surface area contributed by atoms with E-state index in [9.17, 15) is 18.0 Å². The number of hydrogen-bond donors (Lipinski definition) is 1. The van der Waals surface area contributed by atoms with Gasteiger partial charge in [0.25, 0.3) is 0 Å². The van der Waals surface area contributed by atoms with Crippen LogP contribution in [0.2, 0.25) is 0 Å². The molecule has 1 aliphatic heterocycles. The molecule has 7 heteroatoms. The summed E-state index contributed by atoms with van der Waals surface area (Å²) < 4.78 is 42.0. The number of likely N-dealkylation sites (tertiary alicyclic amines) is 1. The van der Waals surface area contributed by atoms with Gasteiger partial charge in [-0.3, -0.25) is 9.69 Å². The van der Waals surface area contributed by atoms with E-state index in [1.165, 1.54) is 25.0 Å². The molecule has 1 aromatic carbocycles. The molecule has 1 aliphatic rings. The first-order valence-electron chi connectivity index (χ1n) is 7.68. The van der Waals surface area contributed by atoms with E-state index in [4.69, 9.17) is 4.74 Å². The number of amides is 1. The summed E-state index contributed by atoms with van der Waals surface area (Å²) in [5.74, 6) is -0.703. The molecule has 2 rings (SSSR count). The normalized spacial score (nSPS) is 19.4. The SMILES string of the molecule is C[C@H]1CCCN(CCOc2ccc(NC(=O)C(F)(F)F)cc2)C1. The molecule has 1 saturated heterocycles. The van der Waals surface area contributed by atoms with Crippen LogP contribution in [0.15, 0.2) is 24.3 Å². The molecular formula is C16H21F3N2O2. The predicted octanol–water partition coefficient (Wildman–Crippen LogP) is 3.30. The van der Waals surface area contributed by atoms with Gasteiger partial charge in [0.2, 0.25) is 0 Å². The topological polar surface area (TPSA) is 41.6 Å². The van der Waals surface area contributed by atoms with Crippen LogP contribution in [0.1, 0.15) is 19.8 Å². The van der Waals surface area contributed by atoms with Gasteiger partial charge in [0.15, 0.2) is 0 Å². The Bertz CT molecular complexity index is 517. The smallest absolute Gasteiger partial charge is 0.471 e. The second-order valence-electron chi connectivity index (χ2n) is 5.87. The van der Waals surface area contributed by atoms with Crippen molar-refractivity contribution in [1.29, 1.82) is 0 Å². The van der Waals surface area contributed by atoms with Gasteiger partial charge in [-0.05, 0) is 49.6 Å². The molecule has 128 valence electrons. The maximum atomic E-state index is 12.1. The number of benzene rings is 1. The number of piperidine rings is 1. The van der Waals surface area contributed by atoms with Crippen molar-refractivity contribution < 1.29 is 22.7 Å². The number of hydrogen-bond acceptors (Lipinski definition) is 3. The summed E-state index contributed by atoms with van der Waals surface area (Å²) in [4.78, 5) is 13.2. The molecule has 0 unspecified atom stereocenters. The predicted molar refractivity (Wildman–Crippen MR) is 81.5 cm³/mol. The maximum absolute atomic E-state index is 12.1. The van der Waals surface area contributed by atoms with Crippen molar-refractivity contribution in [2.45, 2.75) is 25.9 Å². The molecule has 0 saturated carbocycles. The van der Waals surface area contributed by atoms with E-state index in [1.54, 1.807) is 17.4 Å². The average Bonchev–Trinajstić information content (AvgIpc) is 2.48. The van der Waals surface area contributed by atoms with Crippen molar-refractivity contribution in [3.05, 3.63) is 24.3 Å². The fourth-order valence-corrected chi connectivity index (χ4v) is 2.62. The van der Waals surface area contributed by atoms with Crippen molar-refractivity contribution in [3.63, 3.8) is 0 Å². The van der Waals surface area contributed by atoms with Crippen LogP contribution in [0.5, 0.6) is 5.75 Å². The molecule has 1 atom stereocenters. The second kappa shape index (κ2) is 7.68. The van der Waals surface area contributed by atoms with Crippen LogP contribution < -0.4 is 10.1 Å². The lowest BCUT2D eigenvalue weighted by Gasteiger charge is -2.30. The number of ether oxygens (including phenoxy) is 1. The monoisotopic (exact) mass is 330 g/mol. The first kappa shape index (κ1) is 17.6. The number of nitrogens with zero attached hydrogens (tertiary/aromatic N) is 1. The Labute approximate surface area is 133 Å². The second-order valence-corrected chi connectivity index (χ2v) is 5.87. The summed E-state index contributed by atoms with van der Waals surface area (Å²) in [7, 11) is 0. The van der Waals surface area contributed by atoms with Gasteiger partial charge < -0.3 is 10.1 Å². The molecule has 0 aliphatic carbocycles. The molecule has 0 radical (unpaired) electrons. The van der Waals surface area contributed by atoms with E-state index in [0.29, 0.717) is 18.3 Å². The van der Waals surface area contributed by atoms with Crippen molar-refractivity contribution in [3.8, 4) is 5.75 Å². The van der Waals surface area contributed by atoms with E-state index in [0.717, 1.165) is 19.6 Å². The number of halogens is 3. The van der Waals surface area contributed by atoms with E-state index in [-0.39, 0.29) is 5.69 Å². The maximum Gasteiger partial charge on any atom is 0.471 e. The molecule has 1 N–H and O–H groups in total. The lowest BCUT2D eigenvalue weighted by Crippen LogP contribution is -2.37. The third-order valence-electron chi connectivity index (χ3n) is 3.79. The Morgan fingerprint density at radius 2 is 2.04 bits per heavy atom. The molecule has 1 amide bonds. The molecule has 1 heterocycles. The summed E-state index contributed by atoms with van der Waals surface area (Å²) in [6, 6.07) is 5.87. The van der Waals surface area contributed by atoms with Gasteiger partial charge in [-0.15, -0.1) is 0 Å². The Hall–Kier alpha value is -1.76. The third-order valence-corrected chi connectivity index (χ3v) is 3.79. The zero-order valence-corrected chi connectivity index (χ0v) is 13.0. The Kier molecular flexibility index (Phi) is 5.87. The first-order valence-corrected chi connectivity index (χ1v) is 7.68. The number of alkyl halides is 3. The summed E-state index contributed by atoms with van der Waals surface area (Å²) in [6.45, 7) is 5.75. The first-order chi connectivity index (χ1) is 10.8. The van der Waals surface area contributed by atoms with Crippen LogP contribution in [0.4, 0.5) is 18.9 Å². The van der Waals surface area contributed by atoms with Crippen molar-refractivity contribution in [2.24, 2.45) is 5.92 Å². The largest absolute Gasteiger partial charge is 0.492 e. The number of nitrogens with one attached hydrogen (secondary N) is 1. The number of anilines is 1. The van der Waals surface area contributed by atoms with Crippen LogP contribution in [0.25, 0.3) is 0 Å². The summed E-state index contributed by atoms with van der Waals surface area (Å²) >= 11 is 0. The molecule has 4 nitrogen and oxygen atoms in total. The minimum absolute atomic E-state index is 0.0875. The highest BCUT2D eigenvalue weighted by Gasteiger charge is 2.38. The van der Waals surface area contributed by atoms with Gasteiger partial charge in [-0.1, -0.05) is 6.92 Å². The van der Waals surface area contributed by atoms with E-state index in [1.807, 2.05) is 0 Å². The van der Waals surface area contributed by atoms with Gasteiger partial charge in [-0.25, -0.2) is 0 Å². The van der Waals surface area contributed by atoms with E-state index in [2.05, 4.69) is 11.8 Å². The quantitative estimate of drug-likeness (QED) is 0.901. The van der Waals surface area contributed by atoms with Crippen LogP contribution in [0.3, 0.4) is 0 Å². The minimum atomic E-state index is -4.89. The average molecular weight is 330 g/mol. The Morgan fingerprint density at radius 1 is 1.35 bits per heavy atom. The van der Waals surface area contributed by atoms with E-state index < -0.39 is 12.1 Å². The van der Waals surface area contributed by atoms with Gasteiger partial charge in [0.1, 0.15) is 12.4 Å². The molecule has 1 aromatic rings. The highest BCUT2D eigenvalue weighted by molar-refractivity contribution is 5.94. The third kappa shape index (κ3) is 5.74. The summed E-state index contributed by atoms with van der Waals surface area (Å²) in [5.41, 5.74) is 0.0875. The lowest BCUT2D eigenvalue weighted by atomic mass is 10.0. The fourth-order valence-electron chi connectivity index (χ4n) is 2.62. The van der Waals surface area contributed by atoms with Crippen LogP contribution in [-0.2, 0) is 4.79 Å². The molecule has 0 aromatic heterocycles. The number of rotatable bonds is 5. The Balaban J connectivity index is 1.75. The van der Waals surface area contributed by atoms with E-state index >= 15 is 0 Å². The molecular weight excluding hydrogens is 309 g/mol. The molecule has 1 fully saturated rings. The molecule has 23 heavy (non-hydrogen) atoms. The summed E-state index contributed by atoms with van der Waals surface area (Å²) in [5, 5.41) is 1.79. The number of carbonyl (C=O) groups is 1. The van der Waals surface area contributed by atoms with Gasteiger partial charge in [-0.2, -0.15) is 13.2 Å². The van der Waals surface area contributed by atoms with Crippen LogP contribution in [-0.4, -0.2) is 43.2 Å². The zero-order valence-electron chi connectivity index (χ0n) is 13.0. The zero-order chi connectivity index (χ0) is 16.9. The van der Waals surface area contributed by atoms with Gasteiger partial charge in [0, 0.05) is 18.8 Å². The lowest BCUT2D eigenvalue weighted by molar-refractivity contribution is -0.167. The fraction of sp³-hybridized carbons (Fsp3) is 0.562. The van der Waals surface area contributed by atoms with Crippen molar-refractivity contribution in [2.75, 3.05) is 31.6 Å². The van der Waals surface area contributed by atoms with Crippen LogP contribution >= 0.6 is 0 Å². The standard InChI is InChI=1S/C16H21F3N2O2/c1-12-3-2-8-21(11-12)9-10-23-14-6-4-13(5-7-14)20-15(22)16(17,18)19/h4-7,12H,2-3,8-11H2,1H3,(H,20,22)/t12-/m0/s1. The van der Waals surface area contributed by atoms with Gasteiger partial charge >= 0.3 is 12.1 Å². The highest BCUT2D eigenvalue weighted by Crippen LogP contribution is 2.20. The van der Waals surface area contributed by atoms with Gasteiger partial charge in [0.05, 0.1) is 0 Å². The van der Waals surface area contributed by atoms with Crippen molar-refractivity contribution >= 4 is 11.6 Å². The molecule has 0 spiro atoms. The minimum Gasteiger partial charge on any atom is -0.492 e. The molecule has 0 bridgehead atoms. The van der Waals surface area contributed by atoms with Crippen molar-refractivity contribution in [1.82, 2.24) is 4.90 Å².